The van der Waals surface area contributed by atoms with Crippen molar-refractivity contribution in [3.8, 4) is 5.69 Å². The molecular formula is C29H26ClN7O3. The van der Waals surface area contributed by atoms with E-state index in [2.05, 4.69) is 27.4 Å². The lowest BCUT2D eigenvalue weighted by molar-refractivity contribution is -0.124. The predicted molar refractivity (Wildman–Crippen MR) is 151 cm³/mol. The van der Waals surface area contributed by atoms with Crippen LogP contribution >= 0.6 is 11.6 Å². The first kappa shape index (κ1) is 26.8. The molecule has 11 heteroatoms. The molecule has 1 unspecified atom stereocenters. The standard InChI is InChI=1S/C29H26ClN7O3/c1-19-16-36(26-15-23(30)10-13-25(26)37-18-31-33-34-37)28(39)17-35(19)27(14-21-6-4-3-5-7-21)29(40)32-24-11-8-22(9-12-24)20(2)38/h3-13,15,18,27H,1,14,16-17H2,2H3,(H,32,40). The summed E-state index contributed by atoms with van der Waals surface area (Å²) in [4.78, 5) is 42.2. The molecule has 0 radical (unpaired) electrons. The van der Waals surface area contributed by atoms with Gasteiger partial charge in [0.15, 0.2) is 5.78 Å². The number of aromatic nitrogens is 4. The first-order valence-electron chi connectivity index (χ1n) is 12.5. The van der Waals surface area contributed by atoms with E-state index in [0.29, 0.717) is 39.8 Å². The Morgan fingerprint density at radius 3 is 2.45 bits per heavy atom. The van der Waals surface area contributed by atoms with Crippen molar-refractivity contribution in [2.75, 3.05) is 23.3 Å². The lowest BCUT2D eigenvalue weighted by Crippen LogP contribution is -2.55. The average Bonchev–Trinajstić information content (AvgIpc) is 3.48. The van der Waals surface area contributed by atoms with Crippen LogP contribution in [0.25, 0.3) is 5.69 Å². The molecule has 0 bridgehead atoms. The van der Waals surface area contributed by atoms with Crippen molar-refractivity contribution >= 4 is 40.6 Å². The summed E-state index contributed by atoms with van der Waals surface area (Å²) in [6.45, 7) is 5.79. The van der Waals surface area contributed by atoms with Gasteiger partial charge in [-0.1, -0.05) is 48.5 Å². The maximum Gasteiger partial charge on any atom is 0.247 e. The SMILES string of the molecule is C=C1CN(c2cc(Cl)ccc2-n2cnnn2)C(=O)CN1C(Cc1ccccc1)C(=O)Nc1ccc(C(C)=O)cc1. The molecule has 4 aromatic rings. The molecule has 3 aromatic carbocycles. The molecule has 2 heterocycles. The Hall–Kier alpha value is -4.83. The summed E-state index contributed by atoms with van der Waals surface area (Å²) in [5.41, 5.74) is 3.74. The van der Waals surface area contributed by atoms with E-state index in [1.54, 1.807) is 52.3 Å². The fraction of sp³-hybridized carbons (Fsp3) is 0.172. The molecule has 40 heavy (non-hydrogen) atoms. The number of rotatable bonds is 8. The monoisotopic (exact) mass is 555 g/mol. The van der Waals surface area contributed by atoms with Crippen molar-refractivity contribution < 1.29 is 14.4 Å². The van der Waals surface area contributed by atoms with Crippen LogP contribution in [0.2, 0.25) is 5.02 Å². The van der Waals surface area contributed by atoms with Gasteiger partial charge < -0.3 is 15.1 Å². The van der Waals surface area contributed by atoms with Crippen molar-refractivity contribution in [3.63, 3.8) is 0 Å². The van der Waals surface area contributed by atoms with Gasteiger partial charge in [-0.3, -0.25) is 14.4 Å². The summed E-state index contributed by atoms with van der Waals surface area (Å²) >= 11 is 6.29. The second kappa shape index (κ2) is 11.5. The number of nitrogens with one attached hydrogen (secondary N) is 1. The van der Waals surface area contributed by atoms with Crippen LogP contribution in [-0.4, -0.2) is 61.8 Å². The van der Waals surface area contributed by atoms with Gasteiger partial charge in [0.1, 0.15) is 12.4 Å². The highest BCUT2D eigenvalue weighted by Crippen LogP contribution is 2.31. The molecule has 0 saturated carbocycles. The summed E-state index contributed by atoms with van der Waals surface area (Å²) in [5.74, 6) is -0.588. The predicted octanol–water partition coefficient (Wildman–Crippen LogP) is 3.93. The third kappa shape index (κ3) is 5.76. The first-order chi connectivity index (χ1) is 19.3. The van der Waals surface area contributed by atoms with Crippen molar-refractivity contribution in [2.45, 2.75) is 19.4 Å². The van der Waals surface area contributed by atoms with Crippen LogP contribution in [0.1, 0.15) is 22.8 Å². The topological polar surface area (TPSA) is 113 Å². The van der Waals surface area contributed by atoms with Crippen molar-refractivity contribution in [1.29, 1.82) is 0 Å². The van der Waals surface area contributed by atoms with Gasteiger partial charge in [-0.05, 0) is 65.4 Å². The second-order valence-corrected chi connectivity index (χ2v) is 9.83. The normalized spacial score (nSPS) is 14.2. The average molecular weight is 556 g/mol. The van der Waals surface area contributed by atoms with Crippen LogP contribution in [0.3, 0.4) is 0 Å². The van der Waals surface area contributed by atoms with Gasteiger partial charge in [0, 0.05) is 28.4 Å². The van der Waals surface area contributed by atoms with Gasteiger partial charge in [-0.25, -0.2) is 0 Å². The lowest BCUT2D eigenvalue weighted by Gasteiger charge is -2.41. The number of nitrogens with zero attached hydrogens (tertiary/aromatic N) is 6. The second-order valence-electron chi connectivity index (χ2n) is 9.39. The molecule has 1 aliphatic rings. The number of Topliss-reactive ketones (excluding diaryl/α,β-unsaturated/α-hetero) is 1. The zero-order valence-electron chi connectivity index (χ0n) is 21.7. The molecule has 202 valence electrons. The van der Waals surface area contributed by atoms with Gasteiger partial charge in [-0.15, -0.1) is 5.10 Å². The quantitative estimate of drug-likeness (QED) is 0.328. The van der Waals surface area contributed by atoms with Crippen LogP contribution in [0.15, 0.2) is 91.4 Å². The van der Waals surface area contributed by atoms with E-state index in [1.165, 1.54) is 17.9 Å². The number of amides is 2. The Labute approximate surface area is 235 Å². The molecule has 1 N–H and O–H groups in total. The summed E-state index contributed by atoms with van der Waals surface area (Å²) in [7, 11) is 0. The molecular weight excluding hydrogens is 530 g/mol. The Bertz CT molecular complexity index is 1560. The van der Waals surface area contributed by atoms with Crippen LogP contribution < -0.4 is 10.2 Å². The van der Waals surface area contributed by atoms with Gasteiger partial charge >= 0.3 is 0 Å². The first-order valence-corrected chi connectivity index (χ1v) is 12.9. The van der Waals surface area contributed by atoms with E-state index in [0.717, 1.165) is 5.56 Å². The molecule has 1 aromatic heterocycles. The van der Waals surface area contributed by atoms with E-state index in [-0.39, 0.29) is 30.7 Å². The molecule has 2 amide bonds. The van der Waals surface area contributed by atoms with Crippen LogP contribution in [0, 0.1) is 0 Å². The minimum absolute atomic E-state index is 0.0598. The number of halogens is 1. The maximum absolute atomic E-state index is 13.7. The Morgan fingerprint density at radius 1 is 1.02 bits per heavy atom. The van der Waals surface area contributed by atoms with Crippen LogP contribution in [-0.2, 0) is 16.0 Å². The molecule has 1 aliphatic heterocycles. The Balaban J connectivity index is 1.42. The molecule has 0 aliphatic carbocycles. The van der Waals surface area contributed by atoms with Crippen LogP contribution in [0.4, 0.5) is 11.4 Å². The highest BCUT2D eigenvalue weighted by molar-refractivity contribution is 6.31. The molecule has 1 fully saturated rings. The number of benzene rings is 3. The molecule has 10 nitrogen and oxygen atoms in total. The number of tetrazole rings is 1. The van der Waals surface area contributed by atoms with E-state index in [4.69, 9.17) is 11.6 Å². The van der Waals surface area contributed by atoms with E-state index >= 15 is 0 Å². The Kier molecular flexibility index (Phi) is 7.70. The lowest BCUT2D eigenvalue weighted by atomic mass is 10.0. The smallest absolute Gasteiger partial charge is 0.247 e. The third-order valence-corrected chi connectivity index (χ3v) is 6.92. The van der Waals surface area contributed by atoms with Gasteiger partial charge in [0.2, 0.25) is 11.8 Å². The number of ketones is 1. The zero-order chi connectivity index (χ0) is 28.2. The summed E-state index contributed by atoms with van der Waals surface area (Å²) in [5, 5.41) is 14.7. The van der Waals surface area contributed by atoms with E-state index in [1.807, 2.05) is 30.3 Å². The maximum atomic E-state index is 13.7. The number of piperazine rings is 1. The van der Waals surface area contributed by atoms with Crippen molar-refractivity contribution in [3.05, 3.63) is 108 Å². The van der Waals surface area contributed by atoms with Crippen molar-refractivity contribution in [1.82, 2.24) is 25.1 Å². The molecule has 0 spiro atoms. The number of hydrogen-bond acceptors (Lipinski definition) is 7. The van der Waals surface area contributed by atoms with E-state index in [9.17, 15) is 14.4 Å². The third-order valence-electron chi connectivity index (χ3n) is 6.69. The number of carbonyl (C=O) groups excluding carboxylic acids is 3. The summed E-state index contributed by atoms with van der Waals surface area (Å²) in [6.07, 6.45) is 1.79. The summed E-state index contributed by atoms with van der Waals surface area (Å²) in [6, 6.07) is 20.7. The number of hydrogen-bond donors (Lipinski definition) is 1. The van der Waals surface area contributed by atoms with E-state index < -0.39 is 6.04 Å². The number of anilines is 2. The Morgan fingerprint density at radius 2 is 1.77 bits per heavy atom. The fourth-order valence-electron chi connectivity index (χ4n) is 4.63. The highest BCUT2D eigenvalue weighted by atomic mass is 35.5. The number of carbonyl (C=O) groups is 3. The zero-order valence-corrected chi connectivity index (χ0v) is 22.5. The van der Waals surface area contributed by atoms with Gasteiger partial charge in [-0.2, -0.15) is 4.68 Å². The van der Waals surface area contributed by atoms with Gasteiger partial charge in [0.25, 0.3) is 0 Å². The highest BCUT2D eigenvalue weighted by Gasteiger charge is 2.36. The minimum Gasteiger partial charge on any atom is -0.352 e. The fourth-order valence-corrected chi connectivity index (χ4v) is 4.79. The van der Waals surface area contributed by atoms with Crippen molar-refractivity contribution in [2.24, 2.45) is 0 Å². The molecule has 5 rings (SSSR count). The van der Waals surface area contributed by atoms with Crippen LogP contribution in [0.5, 0.6) is 0 Å². The summed E-state index contributed by atoms with van der Waals surface area (Å²) < 4.78 is 1.46. The molecule has 1 saturated heterocycles. The molecule has 1 atom stereocenters. The largest absolute Gasteiger partial charge is 0.352 e. The minimum atomic E-state index is -0.716. The van der Waals surface area contributed by atoms with Gasteiger partial charge in [0.05, 0.1) is 24.5 Å².